The maximum absolute atomic E-state index is 12.2. The summed E-state index contributed by atoms with van der Waals surface area (Å²) in [5.41, 5.74) is 0.772. The van der Waals surface area contributed by atoms with E-state index in [-0.39, 0.29) is 18.8 Å². The maximum Gasteiger partial charge on any atom is 0.423 e. The molecular formula is C16H22N2O7S. The molecule has 2 rings (SSSR count). The molecule has 1 aromatic rings. The van der Waals surface area contributed by atoms with Crippen molar-refractivity contribution in [2.45, 2.75) is 39.5 Å². The summed E-state index contributed by atoms with van der Waals surface area (Å²) in [4.78, 5) is 24.1. The summed E-state index contributed by atoms with van der Waals surface area (Å²) >= 11 is 0. The zero-order chi connectivity index (χ0) is 19.7. The Bertz CT molecular complexity index is 814. The van der Waals surface area contributed by atoms with E-state index >= 15 is 0 Å². The molecule has 0 saturated carbocycles. The van der Waals surface area contributed by atoms with E-state index in [9.17, 15) is 18.0 Å². The normalized spacial score (nSPS) is 13.9. The van der Waals surface area contributed by atoms with Gasteiger partial charge in [0, 0.05) is 20.1 Å². The van der Waals surface area contributed by atoms with Gasteiger partial charge in [0.25, 0.3) is 10.0 Å². The number of carboxylic acid groups (broad SMARTS) is 1. The molecule has 144 valence electrons. The van der Waals surface area contributed by atoms with Crippen LogP contribution < -0.4 is 4.74 Å². The van der Waals surface area contributed by atoms with Gasteiger partial charge in [-0.25, -0.2) is 22.3 Å². The molecule has 1 aliphatic heterocycles. The molecule has 0 fully saturated rings. The number of benzene rings is 1. The van der Waals surface area contributed by atoms with E-state index in [1.807, 2.05) is 0 Å². The molecule has 0 bridgehead atoms. The van der Waals surface area contributed by atoms with E-state index in [1.54, 1.807) is 39.0 Å². The number of amides is 2. The molecule has 0 aromatic heterocycles. The molecule has 1 N–H and O–H groups in total. The molecule has 2 amide bonds. The van der Waals surface area contributed by atoms with Gasteiger partial charge in [-0.2, -0.15) is 0 Å². The Morgan fingerprint density at radius 1 is 1.23 bits per heavy atom. The number of ether oxygens (including phenoxy) is 2. The highest BCUT2D eigenvalue weighted by Crippen LogP contribution is 2.27. The molecule has 0 atom stereocenters. The largest absolute Gasteiger partial charge is 0.476 e. The number of hydrogen-bond acceptors (Lipinski definition) is 6. The van der Waals surface area contributed by atoms with Crippen molar-refractivity contribution in [1.29, 1.82) is 0 Å². The average Bonchev–Trinajstić information content (AvgIpc) is 2.94. The van der Waals surface area contributed by atoms with Crippen molar-refractivity contribution in [3.8, 4) is 5.75 Å². The van der Waals surface area contributed by atoms with E-state index < -0.39 is 33.7 Å². The quantitative estimate of drug-likeness (QED) is 0.844. The zero-order valence-corrected chi connectivity index (χ0v) is 15.9. The SMILES string of the molecule is CN(C(=O)OC(C)(C)C)S(=O)(=O)COc1ccc2c(c1)CN(C(=O)O)C2. The summed E-state index contributed by atoms with van der Waals surface area (Å²) < 4.78 is 35.3. The lowest BCUT2D eigenvalue weighted by atomic mass is 10.1. The Labute approximate surface area is 152 Å². The summed E-state index contributed by atoms with van der Waals surface area (Å²) in [5, 5.41) is 9.02. The average molecular weight is 386 g/mol. The minimum atomic E-state index is -4.04. The zero-order valence-electron chi connectivity index (χ0n) is 15.1. The van der Waals surface area contributed by atoms with Crippen LogP contribution in [0, 0.1) is 0 Å². The van der Waals surface area contributed by atoms with Gasteiger partial charge in [-0.15, -0.1) is 0 Å². The highest BCUT2D eigenvalue weighted by atomic mass is 32.2. The van der Waals surface area contributed by atoms with E-state index in [1.165, 1.54) is 4.90 Å². The molecule has 0 unspecified atom stereocenters. The van der Waals surface area contributed by atoms with Gasteiger partial charge in [0.15, 0.2) is 0 Å². The lowest BCUT2D eigenvalue weighted by molar-refractivity contribution is 0.0418. The summed E-state index contributed by atoms with van der Waals surface area (Å²) in [6.45, 7) is 5.39. The second-order valence-corrected chi connectivity index (χ2v) is 8.84. The molecule has 26 heavy (non-hydrogen) atoms. The molecule has 10 heteroatoms. The smallest absolute Gasteiger partial charge is 0.423 e. The van der Waals surface area contributed by atoms with E-state index in [4.69, 9.17) is 14.6 Å². The topological polar surface area (TPSA) is 113 Å². The number of carbonyl (C=O) groups excluding carboxylic acids is 1. The molecule has 0 spiro atoms. The first-order chi connectivity index (χ1) is 11.9. The lowest BCUT2D eigenvalue weighted by Crippen LogP contribution is -2.40. The highest BCUT2D eigenvalue weighted by molar-refractivity contribution is 7.89. The fraction of sp³-hybridized carbons (Fsp3) is 0.500. The van der Waals surface area contributed by atoms with Crippen molar-refractivity contribution in [3.63, 3.8) is 0 Å². The molecule has 0 saturated heterocycles. The highest BCUT2D eigenvalue weighted by Gasteiger charge is 2.29. The van der Waals surface area contributed by atoms with Gasteiger partial charge in [0.1, 0.15) is 11.4 Å². The standard InChI is InChI=1S/C16H22N2O7S/c1-16(2,3)25-15(21)17(4)26(22,23)10-24-13-6-5-11-8-18(14(19)20)9-12(11)7-13/h5-7H,8-10H2,1-4H3,(H,19,20). The Kier molecular flexibility index (Phi) is 5.36. The maximum atomic E-state index is 12.2. The van der Waals surface area contributed by atoms with Crippen molar-refractivity contribution in [1.82, 2.24) is 9.21 Å². The number of rotatable bonds is 4. The predicted molar refractivity (Wildman–Crippen MR) is 92.1 cm³/mol. The van der Waals surface area contributed by atoms with Crippen LogP contribution in [-0.4, -0.2) is 53.5 Å². The van der Waals surface area contributed by atoms with Crippen LogP contribution in [-0.2, 0) is 27.8 Å². The van der Waals surface area contributed by atoms with Crippen LogP contribution in [0.15, 0.2) is 18.2 Å². The van der Waals surface area contributed by atoms with Crippen LogP contribution in [0.1, 0.15) is 31.9 Å². The Balaban J connectivity index is 2.01. The van der Waals surface area contributed by atoms with Gasteiger partial charge in [-0.3, -0.25) is 4.90 Å². The molecule has 0 radical (unpaired) electrons. The number of hydrogen-bond donors (Lipinski definition) is 1. The van der Waals surface area contributed by atoms with Gasteiger partial charge in [0.2, 0.25) is 5.94 Å². The molecule has 9 nitrogen and oxygen atoms in total. The third kappa shape index (κ3) is 4.78. The van der Waals surface area contributed by atoms with Crippen LogP contribution in [0.5, 0.6) is 5.75 Å². The summed E-state index contributed by atoms with van der Waals surface area (Å²) in [7, 11) is -2.94. The first-order valence-corrected chi connectivity index (χ1v) is 9.42. The third-order valence-electron chi connectivity index (χ3n) is 3.61. The lowest BCUT2D eigenvalue weighted by Gasteiger charge is -2.24. The number of sulfonamides is 1. The van der Waals surface area contributed by atoms with Gasteiger partial charge in [-0.05, 0) is 44.0 Å². The van der Waals surface area contributed by atoms with Crippen molar-refractivity contribution in [3.05, 3.63) is 29.3 Å². The summed E-state index contributed by atoms with van der Waals surface area (Å²) in [6.07, 6.45) is -2.02. The number of carbonyl (C=O) groups is 2. The number of nitrogens with zero attached hydrogens (tertiary/aromatic N) is 2. The van der Waals surface area contributed by atoms with Crippen molar-refractivity contribution in [2.24, 2.45) is 0 Å². The Morgan fingerprint density at radius 2 is 1.85 bits per heavy atom. The van der Waals surface area contributed by atoms with Crippen molar-refractivity contribution < 1.29 is 32.6 Å². The third-order valence-corrected chi connectivity index (χ3v) is 5.01. The van der Waals surface area contributed by atoms with Crippen molar-refractivity contribution in [2.75, 3.05) is 13.0 Å². The summed E-state index contributed by atoms with van der Waals surface area (Å²) in [6, 6.07) is 4.85. The van der Waals surface area contributed by atoms with Crippen molar-refractivity contribution >= 4 is 22.2 Å². The van der Waals surface area contributed by atoms with E-state index in [2.05, 4.69) is 0 Å². The first-order valence-electron chi connectivity index (χ1n) is 7.81. The monoisotopic (exact) mass is 386 g/mol. The van der Waals surface area contributed by atoms with Gasteiger partial charge < -0.3 is 14.6 Å². The first kappa shape index (κ1) is 19.8. The van der Waals surface area contributed by atoms with Crippen LogP contribution in [0.4, 0.5) is 9.59 Å². The van der Waals surface area contributed by atoms with Crippen LogP contribution >= 0.6 is 0 Å². The predicted octanol–water partition coefficient (Wildman–Crippen LogP) is 2.21. The number of fused-ring (bicyclic) bond motifs is 1. The molecule has 1 heterocycles. The van der Waals surface area contributed by atoms with Gasteiger partial charge in [0.05, 0.1) is 0 Å². The Hall–Kier alpha value is -2.49. The fourth-order valence-electron chi connectivity index (χ4n) is 2.26. The van der Waals surface area contributed by atoms with Crippen LogP contribution in [0.3, 0.4) is 0 Å². The Morgan fingerprint density at radius 3 is 2.42 bits per heavy atom. The minimum absolute atomic E-state index is 0.215. The van der Waals surface area contributed by atoms with Crippen LogP contribution in [0.2, 0.25) is 0 Å². The van der Waals surface area contributed by atoms with Gasteiger partial charge >= 0.3 is 12.2 Å². The summed E-state index contributed by atoms with van der Waals surface area (Å²) in [5.74, 6) is -0.471. The molecule has 1 aliphatic rings. The van der Waals surface area contributed by atoms with E-state index in [0.29, 0.717) is 4.31 Å². The van der Waals surface area contributed by atoms with Crippen LogP contribution in [0.25, 0.3) is 0 Å². The second-order valence-electron chi connectivity index (χ2n) is 6.89. The fourth-order valence-corrected chi connectivity index (χ4v) is 2.96. The molecule has 1 aromatic carbocycles. The van der Waals surface area contributed by atoms with Gasteiger partial charge in [-0.1, -0.05) is 6.07 Å². The second kappa shape index (κ2) is 7.02. The van der Waals surface area contributed by atoms with E-state index in [0.717, 1.165) is 18.2 Å². The minimum Gasteiger partial charge on any atom is -0.476 e. The molecular weight excluding hydrogens is 364 g/mol. The molecule has 0 aliphatic carbocycles.